The highest BCUT2D eigenvalue weighted by Crippen LogP contribution is 2.35. The van der Waals surface area contributed by atoms with Crippen molar-refractivity contribution in [1.29, 1.82) is 0 Å². The third kappa shape index (κ3) is 4.05. The second-order valence-corrected chi connectivity index (χ2v) is 4.62. The molecule has 100 valence electrons. The lowest BCUT2D eigenvalue weighted by molar-refractivity contribution is -0.137. The summed E-state index contributed by atoms with van der Waals surface area (Å²) in [6.45, 7) is 0. The topological polar surface area (TPSA) is 66.8 Å². The van der Waals surface area contributed by atoms with Gasteiger partial charge in [0.25, 0.3) is 0 Å². The third-order valence-corrected chi connectivity index (χ3v) is 3.12. The number of rotatable bonds is 6. The Morgan fingerprint density at radius 3 is 2.61 bits per heavy atom. The summed E-state index contributed by atoms with van der Waals surface area (Å²) in [5, 5.41) is 19.1. The van der Waals surface area contributed by atoms with Crippen molar-refractivity contribution in [3.8, 4) is 5.75 Å². The molecule has 0 saturated heterocycles. The molecule has 0 radical (unpaired) electrons. The van der Waals surface area contributed by atoms with E-state index in [0.29, 0.717) is 34.2 Å². The van der Waals surface area contributed by atoms with Gasteiger partial charge in [-0.05, 0) is 18.9 Å². The molecule has 4 nitrogen and oxygen atoms in total. The predicted molar refractivity (Wildman–Crippen MR) is 69.5 cm³/mol. The Balaban J connectivity index is 2.76. The van der Waals surface area contributed by atoms with Gasteiger partial charge in [-0.2, -0.15) is 0 Å². The molecule has 1 rings (SSSR count). The molecule has 0 amide bonds. The number of ether oxygens (including phenoxy) is 1. The van der Waals surface area contributed by atoms with Crippen molar-refractivity contribution < 1.29 is 19.7 Å². The molecule has 1 unspecified atom stereocenters. The molecule has 0 bridgehead atoms. The smallest absolute Gasteiger partial charge is 0.303 e. The quantitative estimate of drug-likeness (QED) is 0.844. The molecule has 0 aliphatic heterocycles. The van der Waals surface area contributed by atoms with Crippen LogP contribution in [0.3, 0.4) is 0 Å². The minimum atomic E-state index is -0.888. The van der Waals surface area contributed by atoms with Crippen molar-refractivity contribution >= 4 is 29.2 Å². The minimum Gasteiger partial charge on any atom is -0.495 e. The van der Waals surface area contributed by atoms with Crippen molar-refractivity contribution in [2.24, 2.45) is 0 Å². The first-order valence-corrected chi connectivity index (χ1v) is 6.14. The Morgan fingerprint density at radius 1 is 1.39 bits per heavy atom. The van der Waals surface area contributed by atoms with Crippen LogP contribution in [0.25, 0.3) is 0 Å². The minimum absolute atomic E-state index is 0.0125. The van der Waals surface area contributed by atoms with Crippen molar-refractivity contribution in [2.75, 3.05) is 7.11 Å². The van der Waals surface area contributed by atoms with Crippen LogP contribution in [0.15, 0.2) is 12.1 Å². The lowest BCUT2D eigenvalue weighted by atomic mass is 10.0. The molecule has 0 fully saturated rings. The van der Waals surface area contributed by atoms with Gasteiger partial charge in [-0.3, -0.25) is 4.79 Å². The van der Waals surface area contributed by atoms with Crippen LogP contribution in [-0.2, 0) is 4.79 Å². The summed E-state index contributed by atoms with van der Waals surface area (Å²) in [5.41, 5.74) is 0.479. The molecule has 6 heteroatoms. The number of carboxylic acids is 1. The van der Waals surface area contributed by atoms with Gasteiger partial charge in [0.05, 0.1) is 23.3 Å². The summed E-state index contributed by atoms with van der Waals surface area (Å²) in [5.74, 6) is -0.454. The second kappa shape index (κ2) is 6.83. The SMILES string of the molecule is COc1cc(Cl)c(C(O)CCCC(=O)O)cc1Cl. The number of aliphatic hydroxyl groups is 1. The average molecular weight is 293 g/mol. The summed E-state index contributed by atoms with van der Waals surface area (Å²) >= 11 is 11.9. The van der Waals surface area contributed by atoms with Crippen LogP contribution in [0.5, 0.6) is 5.75 Å². The maximum atomic E-state index is 10.4. The fraction of sp³-hybridized carbons (Fsp3) is 0.417. The number of carboxylic acid groups (broad SMARTS) is 1. The van der Waals surface area contributed by atoms with E-state index in [2.05, 4.69) is 0 Å². The van der Waals surface area contributed by atoms with Gasteiger partial charge in [-0.25, -0.2) is 0 Å². The molecule has 1 aromatic rings. The second-order valence-electron chi connectivity index (χ2n) is 3.81. The molecular weight excluding hydrogens is 279 g/mol. The van der Waals surface area contributed by atoms with Crippen LogP contribution in [0.1, 0.15) is 30.9 Å². The van der Waals surface area contributed by atoms with E-state index in [4.69, 9.17) is 33.0 Å². The van der Waals surface area contributed by atoms with Crippen molar-refractivity contribution in [3.63, 3.8) is 0 Å². The Morgan fingerprint density at radius 2 is 2.06 bits per heavy atom. The number of benzene rings is 1. The Kier molecular flexibility index (Phi) is 5.72. The van der Waals surface area contributed by atoms with E-state index >= 15 is 0 Å². The van der Waals surface area contributed by atoms with E-state index in [1.165, 1.54) is 19.2 Å². The van der Waals surface area contributed by atoms with Crippen molar-refractivity contribution in [1.82, 2.24) is 0 Å². The fourth-order valence-electron chi connectivity index (χ4n) is 1.56. The van der Waals surface area contributed by atoms with Crippen LogP contribution in [0.4, 0.5) is 0 Å². The highest BCUT2D eigenvalue weighted by Gasteiger charge is 2.15. The van der Waals surface area contributed by atoms with Crippen LogP contribution < -0.4 is 4.74 Å². The zero-order valence-electron chi connectivity index (χ0n) is 9.82. The zero-order chi connectivity index (χ0) is 13.7. The summed E-state index contributed by atoms with van der Waals surface area (Å²) in [7, 11) is 1.47. The summed E-state index contributed by atoms with van der Waals surface area (Å²) in [4.78, 5) is 10.4. The monoisotopic (exact) mass is 292 g/mol. The van der Waals surface area contributed by atoms with Gasteiger partial charge in [0.2, 0.25) is 0 Å². The molecule has 0 aromatic heterocycles. The first kappa shape index (κ1) is 15.1. The van der Waals surface area contributed by atoms with E-state index in [1.807, 2.05) is 0 Å². The predicted octanol–water partition coefficient (Wildman–Crippen LogP) is 3.29. The number of aliphatic carboxylic acids is 1. The van der Waals surface area contributed by atoms with Gasteiger partial charge in [0, 0.05) is 18.1 Å². The van der Waals surface area contributed by atoms with Crippen LogP contribution >= 0.6 is 23.2 Å². The first-order valence-electron chi connectivity index (χ1n) is 5.38. The zero-order valence-corrected chi connectivity index (χ0v) is 11.3. The lowest BCUT2D eigenvalue weighted by Gasteiger charge is -2.14. The summed E-state index contributed by atoms with van der Waals surface area (Å²) in [6, 6.07) is 3.06. The summed E-state index contributed by atoms with van der Waals surface area (Å²) < 4.78 is 5.00. The highest BCUT2D eigenvalue weighted by atomic mass is 35.5. The van der Waals surface area contributed by atoms with Gasteiger partial charge >= 0.3 is 5.97 Å². The Labute approximate surface area is 115 Å². The van der Waals surface area contributed by atoms with E-state index in [9.17, 15) is 9.90 Å². The average Bonchev–Trinajstić information content (AvgIpc) is 2.30. The van der Waals surface area contributed by atoms with Crippen molar-refractivity contribution in [3.05, 3.63) is 27.7 Å². The van der Waals surface area contributed by atoms with E-state index in [1.54, 1.807) is 0 Å². The van der Waals surface area contributed by atoms with Crippen LogP contribution in [0.2, 0.25) is 10.0 Å². The molecule has 0 aliphatic rings. The van der Waals surface area contributed by atoms with E-state index in [0.717, 1.165) is 0 Å². The van der Waals surface area contributed by atoms with Gasteiger partial charge in [0.15, 0.2) is 0 Å². The Hall–Kier alpha value is -0.970. The number of methoxy groups -OCH3 is 1. The maximum absolute atomic E-state index is 10.4. The third-order valence-electron chi connectivity index (χ3n) is 2.50. The molecule has 0 saturated carbocycles. The number of aliphatic hydroxyl groups excluding tert-OH is 1. The molecule has 0 heterocycles. The molecule has 2 N–H and O–H groups in total. The normalized spacial score (nSPS) is 12.2. The van der Waals surface area contributed by atoms with Crippen LogP contribution in [-0.4, -0.2) is 23.3 Å². The van der Waals surface area contributed by atoms with Gasteiger partial charge in [-0.15, -0.1) is 0 Å². The summed E-state index contributed by atoms with van der Waals surface area (Å²) in [6.07, 6.45) is -0.135. The largest absolute Gasteiger partial charge is 0.495 e. The van der Waals surface area contributed by atoms with Crippen LogP contribution in [0, 0.1) is 0 Å². The molecule has 0 spiro atoms. The maximum Gasteiger partial charge on any atom is 0.303 e. The lowest BCUT2D eigenvalue weighted by Crippen LogP contribution is -2.02. The molecule has 1 aromatic carbocycles. The number of halogens is 2. The first-order chi connectivity index (χ1) is 8.45. The molecular formula is C12H14Cl2O4. The van der Waals surface area contributed by atoms with Gasteiger partial charge in [0.1, 0.15) is 5.75 Å². The number of hydrogen-bond donors (Lipinski definition) is 2. The number of carbonyl (C=O) groups is 1. The molecule has 1 atom stereocenters. The van der Waals surface area contributed by atoms with Gasteiger partial charge < -0.3 is 14.9 Å². The van der Waals surface area contributed by atoms with Gasteiger partial charge in [-0.1, -0.05) is 23.2 Å². The van der Waals surface area contributed by atoms with E-state index < -0.39 is 12.1 Å². The number of hydrogen-bond acceptors (Lipinski definition) is 3. The highest BCUT2D eigenvalue weighted by molar-refractivity contribution is 6.34. The Bertz CT molecular complexity index is 434. The van der Waals surface area contributed by atoms with E-state index in [-0.39, 0.29) is 6.42 Å². The standard InChI is InChI=1S/C12H14Cl2O4/c1-18-11-6-8(13)7(5-9(11)14)10(15)3-2-4-12(16)17/h5-6,10,15H,2-4H2,1H3,(H,16,17). The van der Waals surface area contributed by atoms with Crippen molar-refractivity contribution in [2.45, 2.75) is 25.4 Å². The molecule has 18 heavy (non-hydrogen) atoms. The fourth-order valence-corrected chi connectivity index (χ4v) is 2.09. The molecule has 0 aliphatic carbocycles.